The van der Waals surface area contributed by atoms with Gasteiger partial charge in [0.2, 0.25) is 5.91 Å². The van der Waals surface area contributed by atoms with Gasteiger partial charge >= 0.3 is 0 Å². The summed E-state index contributed by atoms with van der Waals surface area (Å²) in [6, 6.07) is 7.58. The van der Waals surface area contributed by atoms with E-state index in [1.54, 1.807) is 7.11 Å². The van der Waals surface area contributed by atoms with E-state index in [9.17, 15) is 4.79 Å². The minimum Gasteiger partial charge on any atom is -0.496 e. The molecule has 0 aliphatic carbocycles. The highest BCUT2D eigenvalue weighted by molar-refractivity contribution is 5.82. The summed E-state index contributed by atoms with van der Waals surface area (Å²) in [5, 5.41) is 6.12. The van der Waals surface area contributed by atoms with Gasteiger partial charge in [0, 0.05) is 13.1 Å². The highest BCUT2D eigenvalue weighted by Gasteiger charge is 2.27. The molecule has 1 aliphatic heterocycles. The van der Waals surface area contributed by atoms with Gasteiger partial charge in [0.1, 0.15) is 11.8 Å². The van der Waals surface area contributed by atoms with Crippen LogP contribution in [0.5, 0.6) is 5.75 Å². The average Bonchev–Trinajstić information content (AvgIpc) is 2.48. The molecular weight excluding hydrogens is 256 g/mol. The molecule has 1 aromatic rings. The van der Waals surface area contributed by atoms with Crippen LogP contribution in [0.15, 0.2) is 24.3 Å². The van der Waals surface area contributed by atoms with Crippen LogP contribution in [0.3, 0.4) is 0 Å². The monoisotopic (exact) mass is 278 g/mol. The molecule has 0 unspecified atom stereocenters. The molecular formula is C15H22N2O3. The van der Waals surface area contributed by atoms with Crippen LogP contribution >= 0.6 is 0 Å². The molecule has 1 saturated heterocycles. The first-order chi connectivity index (χ1) is 9.72. The van der Waals surface area contributed by atoms with Crippen LogP contribution < -0.4 is 15.4 Å². The fraction of sp³-hybridized carbons (Fsp3) is 0.533. The molecule has 5 heteroatoms. The molecule has 0 radical (unpaired) electrons. The van der Waals surface area contributed by atoms with Gasteiger partial charge in [-0.15, -0.1) is 0 Å². The van der Waals surface area contributed by atoms with Crippen LogP contribution in [0.1, 0.15) is 12.5 Å². The minimum atomic E-state index is -0.263. The molecule has 0 spiro atoms. The van der Waals surface area contributed by atoms with Gasteiger partial charge in [0.15, 0.2) is 0 Å². The molecule has 2 atom stereocenters. The Morgan fingerprint density at radius 1 is 1.50 bits per heavy atom. The number of methoxy groups -OCH3 is 1. The molecule has 20 heavy (non-hydrogen) atoms. The number of carbonyl (C=O) groups is 1. The van der Waals surface area contributed by atoms with Crippen LogP contribution in [-0.2, 0) is 16.0 Å². The summed E-state index contributed by atoms with van der Waals surface area (Å²) in [4.78, 5) is 12.1. The Morgan fingerprint density at radius 3 is 3.05 bits per heavy atom. The number of para-hydroxylation sites is 1. The fourth-order valence-corrected chi connectivity index (χ4v) is 2.37. The molecule has 110 valence electrons. The third-order valence-electron chi connectivity index (χ3n) is 3.49. The maximum Gasteiger partial charge on any atom is 0.239 e. The normalized spacial score (nSPS) is 22.3. The van der Waals surface area contributed by atoms with Crippen molar-refractivity contribution in [2.24, 2.45) is 0 Å². The van der Waals surface area contributed by atoms with Gasteiger partial charge in [0.05, 0.1) is 19.8 Å². The summed E-state index contributed by atoms with van der Waals surface area (Å²) in [6.07, 6.45) is 0.660. The number of amides is 1. The van der Waals surface area contributed by atoms with Crippen molar-refractivity contribution in [2.45, 2.75) is 25.5 Å². The number of hydrogen-bond acceptors (Lipinski definition) is 4. The van der Waals surface area contributed by atoms with Gasteiger partial charge in [0.25, 0.3) is 0 Å². The Morgan fingerprint density at radius 2 is 2.30 bits per heavy atom. The van der Waals surface area contributed by atoms with E-state index in [1.807, 2.05) is 31.2 Å². The third kappa shape index (κ3) is 3.71. The van der Waals surface area contributed by atoms with Gasteiger partial charge in [-0.1, -0.05) is 18.2 Å². The summed E-state index contributed by atoms with van der Waals surface area (Å²) >= 11 is 0. The number of hydrogen-bond donors (Lipinski definition) is 2. The lowest BCUT2D eigenvalue weighted by Crippen LogP contribution is -2.55. The van der Waals surface area contributed by atoms with E-state index in [0.29, 0.717) is 13.2 Å². The van der Waals surface area contributed by atoms with Crippen molar-refractivity contribution in [2.75, 3.05) is 26.8 Å². The highest BCUT2D eigenvalue weighted by atomic mass is 16.5. The molecule has 2 N–H and O–H groups in total. The second-order valence-electron chi connectivity index (χ2n) is 4.86. The lowest BCUT2D eigenvalue weighted by molar-refractivity contribution is -0.128. The molecule has 1 amide bonds. The predicted molar refractivity (Wildman–Crippen MR) is 76.9 cm³/mol. The molecule has 1 heterocycles. The first-order valence-corrected chi connectivity index (χ1v) is 6.97. The van der Waals surface area contributed by atoms with Gasteiger partial charge in [-0.2, -0.15) is 0 Å². The zero-order chi connectivity index (χ0) is 14.4. The van der Waals surface area contributed by atoms with E-state index in [4.69, 9.17) is 9.47 Å². The summed E-state index contributed by atoms with van der Waals surface area (Å²) < 4.78 is 10.8. The van der Waals surface area contributed by atoms with Gasteiger partial charge in [-0.05, 0) is 25.0 Å². The number of benzene rings is 1. The van der Waals surface area contributed by atoms with Crippen LogP contribution in [0.4, 0.5) is 0 Å². The Kier molecular flexibility index (Phi) is 5.38. The standard InChI is InChI=1S/C15H22N2O3/c1-11-14(16-9-10-20-11)15(18)17-8-7-12-5-3-4-6-13(12)19-2/h3-6,11,14,16H,7-10H2,1-2H3,(H,17,18)/t11-,14+/m1/s1. The summed E-state index contributed by atoms with van der Waals surface area (Å²) in [7, 11) is 1.66. The number of morpholine rings is 1. The predicted octanol–water partition coefficient (Wildman–Crippen LogP) is 0.731. The van der Waals surface area contributed by atoms with Crippen LogP contribution in [-0.4, -0.2) is 44.9 Å². The van der Waals surface area contributed by atoms with Crippen molar-refractivity contribution in [1.29, 1.82) is 0 Å². The van der Waals surface area contributed by atoms with Crippen LogP contribution in [0, 0.1) is 0 Å². The summed E-state index contributed by atoms with van der Waals surface area (Å²) in [5.74, 6) is 0.848. The van der Waals surface area contributed by atoms with Crippen LogP contribution in [0.25, 0.3) is 0 Å². The molecule has 0 bridgehead atoms. The lowest BCUT2D eigenvalue weighted by atomic mass is 10.1. The number of rotatable bonds is 5. The maximum absolute atomic E-state index is 12.1. The van der Waals surface area contributed by atoms with Crippen molar-refractivity contribution < 1.29 is 14.3 Å². The molecule has 1 aliphatic rings. The molecule has 5 nitrogen and oxygen atoms in total. The molecule has 0 saturated carbocycles. The smallest absolute Gasteiger partial charge is 0.239 e. The van der Waals surface area contributed by atoms with Gasteiger partial charge < -0.3 is 20.1 Å². The summed E-state index contributed by atoms with van der Waals surface area (Å²) in [6.45, 7) is 3.88. The van der Waals surface area contributed by atoms with Crippen molar-refractivity contribution in [3.8, 4) is 5.75 Å². The Hall–Kier alpha value is -1.59. The number of nitrogens with one attached hydrogen (secondary N) is 2. The number of ether oxygens (including phenoxy) is 2. The Labute approximate surface area is 119 Å². The average molecular weight is 278 g/mol. The Bertz CT molecular complexity index is 450. The molecule has 0 aromatic heterocycles. The molecule has 1 aromatic carbocycles. The fourth-order valence-electron chi connectivity index (χ4n) is 2.37. The first kappa shape index (κ1) is 14.8. The van der Waals surface area contributed by atoms with Gasteiger partial charge in [-0.25, -0.2) is 0 Å². The second-order valence-corrected chi connectivity index (χ2v) is 4.86. The van der Waals surface area contributed by atoms with E-state index in [1.165, 1.54) is 0 Å². The van der Waals surface area contributed by atoms with Crippen molar-refractivity contribution in [3.05, 3.63) is 29.8 Å². The quantitative estimate of drug-likeness (QED) is 0.833. The van der Waals surface area contributed by atoms with E-state index < -0.39 is 0 Å². The van der Waals surface area contributed by atoms with E-state index in [0.717, 1.165) is 24.3 Å². The van der Waals surface area contributed by atoms with Crippen molar-refractivity contribution in [1.82, 2.24) is 10.6 Å². The zero-order valence-electron chi connectivity index (χ0n) is 12.0. The largest absolute Gasteiger partial charge is 0.496 e. The van der Waals surface area contributed by atoms with Crippen molar-refractivity contribution >= 4 is 5.91 Å². The van der Waals surface area contributed by atoms with Crippen LogP contribution in [0.2, 0.25) is 0 Å². The Balaban J connectivity index is 1.81. The topological polar surface area (TPSA) is 59.6 Å². The van der Waals surface area contributed by atoms with Crippen molar-refractivity contribution in [3.63, 3.8) is 0 Å². The van der Waals surface area contributed by atoms with E-state index in [-0.39, 0.29) is 18.1 Å². The zero-order valence-corrected chi connectivity index (χ0v) is 12.0. The minimum absolute atomic E-state index is 0.00732. The molecule has 1 fully saturated rings. The third-order valence-corrected chi connectivity index (χ3v) is 3.49. The highest BCUT2D eigenvalue weighted by Crippen LogP contribution is 2.17. The van der Waals surface area contributed by atoms with E-state index >= 15 is 0 Å². The van der Waals surface area contributed by atoms with E-state index in [2.05, 4.69) is 10.6 Å². The SMILES string of the molecule is COc1ccccc1CCNC(=O)[C@H]1NCCO[C@@H]1C. The summed E-state index contributed by atoms with van der Waals surface area (Å²) in [5.41, 5.74) is 1.09. The first-order valence-electron chi connectivity index (χ1n) is 6.97. The second kappa shape index (κ2) is 7.26. The molecule has 2 rings (SSSR count). The lowest BCUT2D eigenvalue weighted by Gasteiger charge is -2.29. The van der Waals surface area contributed by atoms with Gasteiger partial charge in [-0.3, -0.25) is 4.79 Å². The number of carbonyl (C=O) groups excluding carboxylic acids is 1. The maximum atomic E-state index is 12.1.